The lowest BCUT2D eigenvalue weighted by Gasteiger charge is -1.96. The summed E-state index contributed by atoms with van der Waals surface area (Å²) in [5.74, 6) is 1.12. The molecule has 0 atom stereocenters. The van der Waals surface area contributed by atoms with Crippen LogP contribution < -0.4 is 0 Å². The van der Waals surface area contributed by atoms with E-state index in [2.05, 4.69) is 19.8 Å². The Morgan fingerprint density at radius 1 is 1.43 bits per heavy atom. The molecular weight excluding hydrogens is 176 g/mol. The molecule has 0 amide bonds. The number of hydrogen-bond acceptors (Lipinski definition) is 2. The number of imidazole rings is 1. The molecular formula is C10H8N4. The molecule has 0 spiro atoms. The van der Waals surface area contributed by atoms with Gasteiger partial charge in [0.15, 0.2) is 11.5 Å². The molecule has 2 rings (SSSR count). The van der Waals surface area contributed by atoms with Crippen LogP contribution >= 0.6 is 0 Å². The highest BCUT2D eigenvalue weighted by Crippen LogP contribution is 2.20. The monoisotopic (exact) mass is 184 g/mol. The minimum Gasteiger partial charge on any atom is -0.360 e. The van der Waals surface area contributed by atoms with E-state index >= 15 is 0 Å². The van der Waals surface area contributed by atoms with Crippen LogP contribution in [0.3, 0.4) is 0 Å². The molecule has 0 saturated heterocycles. The van der Waals surface area contributed by atoms with E-state index in [1.165, 1.54) is 0 Å². The van der Waals surface area contributed by atoms with Gasteiger partial charge in [0.25, 0.3) is 5.82 Å². The van der Waals surface area contributed by atoms with E-state index in [4.69, 9.17) is 6.57 Å². The van der Waals surface area contributed by atoms with E-state index in [9.17, 15) is 0 Å². The molecule has 2 aromatic rings. The van der Waals surface area contributed by atoms with E-state index in [0.717, 1.165) is 5.56 Å². The second kappa shape index (κ2) is 3.30. The number of aromatic amines is 1. The average Bonchev–Trinajstić information content (AvgIpc) is 2.71. The molecule has 4 nitrogen and oxygen atoms in total. The van der Waals surface area contributed by atoms with Crippen LogP contribution in [0.25, 0.3) is 16.4 Å². The van der Waals surface area contributed by atoms with Gasteiger partial charge in [-0.15, -0.1) is 4.98 Å². The molecule has 0 saturated carbocycles. The molecule has 2 aromatic heterocycles. The molecule has 0 aliphatic carbocycles. The number of nitrogens with zero attached hydrogens (tertiary/aromatic N) is 3. The van der Waals surface area contributed by atoms with Gasteiger partial charge in [-0.25, -0.2) is 4.98 Å². The van der Waals surface area contributed by atoms with Gasteiger partial charge >= 0.3 is 0 Å². The van der Waals surface area contributed by atoms with Crippen molar-refractivity contribution < 1.29 is 0 Å². The van der Waals surface area contributed by atoms with E-state index < -0.39 is 0 Å². The molecule has 1 N–H and O–H groups in total. The Morgan fingerprint density at radius 2 is 2.29 bits per heavy atom. The summed E-state index contributed by atoms with van der Waals surface area (Å²) in [6, 6.07) is 3.72. The highest BCUT2D eigenvalue weighted by Gasteiger charge is 2.08. The second-order valence-electron chi connectivity index (χ2n) is 2.89. The van der Waals surface area contributed by atoms with Gasteiger partial charge in [0.2, 0.25) is 0 Å². The molecule has 0 bridgehead atoms. The Bertz CT molecular complexity index is 479. The van der Waals surface area contributed by atoms with Crippen molar-refractivity contribution in [3.63, 3.8) is 0 Å². The molecule has 0 aliphatic heterocycles. The smallest absolute Gasteiger partial charge is 0.273 e. The van der Waals surface area contributed by atoms with Gasteiger partial charge < -0.3 is 9.83 Å². The maximum Gasteiger partial charge on any atom is 0.273 e. The lowest BCUT2D eigenvalue weighted by molar-refractivity contribution is 1.22. The number of pyridine rings is 1. The number of nitrogens with one attached hydrogen (secondary N) is 1. The lowest BCUT2D eigenvalue weighted by Crippen LogP contribution is -1.86. The van der Waals surface area contributed by atoms with Gasteiger partial charge in [0.1, 0.15) is 0 Å². The summed E-state index contributed by atoms with van der Waals surface area (Å²) >= 11 is 0. The topological polar surface area (TPSA) is 45.9 Å². The van der Waals surface area contributed by atoms with Gasteiger partial charge in [-0.1, -0.05) is 12.6 Å². The largest absolute Gasteiger partial charge is 0.360 e. The number of H-pyrrole nitrogens is 1. The fraction of sp³-hybridized carbons (Fsp3) is 0.100. The van der Waals surface area contributed by atoms with Crippen LogP contribution in [0.2, 0.25) is 0 Å². The van der Waals surface area contributed by atoms with Crippen molar-refractivity contribution in [3.05, 3.63) is 41.5 Å². The Labute approximate surface area is 81.5 Å². The van der Waals surface area contributed by atoms with E-state index in [-0.39, 0.29) is 0 Å². The molecule has 0 fully saturated rings. The Hall–Kier alpha value is -2.15. The third-order valence-electron chi connectivity index (χ3n) is 1.92. The Balaban J connectivity index is 2.53. The zero-order valence-electron chi connectivity index (χ0n) is 7.65. The molecule has 0 aromatic carbocycles. The first kappa shape index (κ1) is 8.45. The van der Waals surface area contributed by atoms with E-state index in [1.807, 2.05) is 19.1 Å². The van der Waals surface area contributed by atoms with Crippen LogP contribution in [0.4, 0.5) is 5.82 Å². The molecule has 0 aliphatic rings. The van der Waals surface area contributed by atoms with Crippen molar-refractivity contribution in [2.45, 2.75) is 6.92 Å². The number of aromatic nitrogens is 3. The first-order valence-corrected chi connectivity index (χ1v) is 4.16. The predicted molar refractivity (Wildman–Crippen MR) is 52.8 cm³/mol. The third kappa shape index (κ3) is 1.36. The van der Waals surface area contributed by atoms with Gasteiger partial charge in [-0.3, -0.25) is 0 Å². The maximum atomic E-state index is 6.94. The fourth-order valence-corrected chi connectivity index (χ4v) is 1.17. The third-order valence-corrected chi connectivity index (χ3v) is 1.92. The summed E-state index contributed by atoms with van der Waals surface area (Å²) in [5.41, 5.74) is 1.59. The van der Waals surface area contributed by atoms with Crippen LogP contribution in [-0.2, 0) is 0 Å². The quantitative estimate of drug-likeness (QED) is 0.691. The molecule has 4 heteroatoms. The Kier molecular flexibility index (Phi) is 1.99. The van der Waals surface area contributed by atoms with Crippen LogP contribution in [0.15, 0.2) is 24.5 Å². The first-order valence-electron chi connectivity index (χ1n) is 4.16. The van der Waals surface area contributed by atoms with Crippen molar-refractivity contribution in [1.29, 1.82) is 0 Å². The van der Waals surface area contributed by atoms with E-state index in [0.29, 0.717) is 17.3 Å². The summed E-state index contributed by atoms with van der Waals surface area (Å²) in [4.78, 5) is 14.5. The number of rotatable bonds is 1. The average molecular weight is 184 g/mol. The summed E-state index contributed by atoms with van der Waals surface area (Å²) in [7, 11) is 0. The highest BCUT2D eigenvalue weighted by molar-refractivity contribution is 5.56. The van der Waals surface area contributed by atoms with Crippen LogP contribution in [0, 0.1) is 13.5 Å². The normalized spacial score (nSPS) is 9.71. The van der Waals surface area contributed by atoms with Crippen LogP contribution in [0.1, 0.15) is 5.56 Å². The molecule has 0 radical (unpaired) electrons. The van der Waals surface area contributed by atoms with Crippen LogP contribution in [0.5, 0.6) is 0 Å². The molecule has 0 unspecified atom stereocenters. The van der Waals surface area contributed by atoms with Crippen molar-refractivity contribution in [3.8, 4) is 11.5 Å². The standard InChI is InChI=1S/C10H8N4/c1-7-3-4-8(14-9(7)11-2)10-12-5-6-13-10/h3-6H,1H3,(H,12,13). The van der Waals surface area contributed by atoms with Gasteiger partial charge in [-0.05, 0) is 18.6 Å². The second-order valence-corrected chi connectivity index (χ2v) is 2.89. The fourth-order valence-electron chi connectivity index (χ4n) is 1.17. The first-order chi connectivity index (χ1) is 6.81. The Morgan fingerprint density at radius 3 is 2.93 bits per heavy atom. The lowest BCUT2D eigenvalue weighted by atomic mass is 10.2. The SMILES string of the molecule is [C-]#[N+]c1nc(-c2ncc[nH]2)ccc1C. The summed E-state index contributed by atoms with van der Waals surface area (Å²) in [6.07, 6.45) is 3.39. The van der Waals surface area contributed by atoms with Crippen molar-refractivity contribution >= 4 is 5.82 Å². The van der Waals surface area contributed by atoms with Gasteiger partial charge in [-0.2, -0.15) is 0 Å². The van der Waals surface area contributed by atoms with Gasteiger partial charge in [0.05, 0.1) is 0 Å². The van der Waals surface area contributed by atoms with Gasteiger partial charge in [0, 0.05) is 12.4 Å². The number of hydrogen-bond donors (Lipinski definition) is 1. The zero-order chi connectivity index (χ0) is 9.97. The zero-order valence-corrected chi connectivity index (χ0v) is 7.65. The molecule has 2 heterocycles. The highest BCUT2D eigenvalue weighted by atomic mass is 15.0. The minimum atomic E-state index is 0.430. The van der Waals surface area contributed by atoms with Crippen molar-refractivity contribution in [1.82, 2.24) is 15.0 Å². The van der Waals surface area contributed by atoms with Crippen molar-refractivity contribution in [2.75, 3.05) is 0 Å². The molecule has 14 heavy (non-hydrogen) atoms. The summed E-state index contributed by atoms with van der Waals surface area (Å²) < 4.78 is 0. The molecule has 68 valence electrons. The maximum absolute atomic E-state index is 6.94. The van der Waals surface area contributed by atoms with Crippen molar-refractivity contribution in [2.24, 2.45) is 0 Å². The minimum absolute atomic E-state index is 0.430. The number of aryl methyl sites for hydroxylation is 1. The van der Waals surface area contributed by atoms with E-state index in [1.54, 1.807) is 12.4 Å². The summed E-state index contributed by atoms with van der Waals surface area (Å²) in [5, 5.41) is 0. The predicted octanol–water partition coefficient (Wildman–Crippen LogP) is 2.33. The van der Waals surface area contributed by atoms with Crippen LogP contribution in [-0.4, -0.2) is 15.0 Å². The summed E-state index contributed by atoms with van der Waals surface area (Å²) in [6.45, 7) is 8.81.